The summed E-state index contributed by atoms with van der Waals surface area (Å²) in [5.41, 5.74) is 2.11. The summed E-state index contributed by atoms with van der Waals surface area (Å²) in [5, 5.41) is 0.549. The molecule has 0 radical (unpaired) electrons. The van der Waals surface area contributed by atoms with Crippen LogP contribution in [0.15, 0.2) is 18.3 Å². The molecule has 64 valence electrons. The third kappa shape index (κ3) is 2.26. The Kier molecular flexibility index (Phi) is 3.63. The molecule has 0 atom stereocenters. The van der Waals surface area contributed by atoms with Crippen molar-refractivity contribution in [3.8, 4) is 0 Å². The summed E-state index contributed by atoms with van der Waals surface area (Å²) in [4.78, 5) is 3.98. The maximum absolute atomic E-state index is 5.88. The number of rotatable bonds is 2. The molecule has 0 aliphatic carbocycles. The number of halogens is 1. The Balaban J connectivity index is 3.04. The summed E-state index contributed by atoms with van der Waals surface area (Å²) in [5.74, 6) is 0.713. The van der Waals surface area contributed by atoms with E-state index in [2.05, 4.69) is 17.6 Å². The van der Waals surface area contributed by atoms with Crippen LogP contribution >= 0.6 is 24.2 Å². The van der Waals surface area contributed by atoms with Crippen molar-refractivity contribution >= 4 is 30.3 Å². The van der Waals surface area contributed by atoms with Gasteiger partial charge in [0.1, 0.15) is 5.15 Å². The van der Waals surface area contributed by atoms with E-state index in [1.54, 1.807) is 6.20 Å². The zero-order valence-electron chi connectivity index (χ0n) is 6.79. The van der Waals surface area contributed by atoms with Gasteiger partial charge in [-0.05, 0) is 18.6 Å². The Hall–Kier alpha value is -0.470. The van der Waals surface area contributed by atoms with Gasteiger partial charge in [-0.15, -0.1) is 0 Å². The molecule has 0 N–H and O–H groups in total. The Bertz CT molecular complexity index is 276. The SMILES string of the molecule is Cc1ccnc(Cl)c1C=CCS. The predicted octanol–water partition coefficient (Wildman–Crippen LogP) is 2.99. The highest BCUT2D eigenvalue weighted by molar-refractivity contribution is 7.80. The molecule has 1 rings (SSSR count). The molecule has 0 aliphatic rings. The second kappa shape index (κ2) is 4.53. The number of nitrogens with zero attached hydrogens (tertiary/aromatic N) is 1. The van der Waals surface area contributed by atoms with Gasteiger partial charge in [0.15, 0.2) is 0 Å². The van der Waals surface area contributed by atoms with Gasteiger partial charge in [0.2, 0.25) is 0 Å². The highest BCUT2D eigenvalue weighted by Crippen LogP contribution is 2.17. The molecule has 3 heteroatoms. The van der Waals surface area contributed by atoms with E-state index in [1.807, 2.05) is 25.1 Å². The van der Waals surface area contributed by atoms with Crippen LogP contribution in [0.3, 0.4) is 0 Å². The zero-order valence-corrected chi connectivity index (χ0v) is 8.44. The molecule has 0 unspecified atom stereocenters. The maximum atomic E-state index is 5.88. The van der Waals surface area contributed by atoms with Crippen LogP contribution in [-0.4, -0.2) is 10.7 Å². The molecule has 0 amide bonds. The van der Waals surface area contributed by atoms with E-state index in [-0.39, 0.29) is 0 Å². The van der Waals surface area contributed by atoms with Gasteiger partial charge in [-0.1, -0.05) is 23.8 Å². The van der Waals surface area contributed by atoms with Gasteiger partial charge >= 0.3 is 0 Å². The first-order valence-electron chi connectivity index (χ1n) is 3.64. The molecule has 0 saturated heterocycles. The number of thiol groups is 1. The molecule has 0 bridgehead atoms. The van der Waals surface area contributed by atoms with Crippen LogP contribution in [0.4, 0.5) is 0 Å². The molecule has 0 spiro atoms. The quantitative estimate of drug-likeness (QED) is 0.571. The smallest absolute Gasteiger partial charge is 0.136 e. The Morgan fingerprint density at radius 1 is 1.67 bits per heavy atom. The van der Waals surface area contributed by atoms with Crippen molar-refractivity contribution in [3.05, 3.63) is 34.6 Å². The topological polar surface area (TPSA) is 12.9 Å². The fourth-order valence-corrected chi connectivity index (χ4v) is 1.28. The lowest BCUT2D eigenvalue weighted by Crippen LogP contribution is -1.85. The number of hydrogen-bond acceptors (Lipinski definition) is 2. The summed E-state index contributed by atoms with van der Waals surface area (Å²) < 4.78 is 0. The van der Waals surface area contributed by atoms with Crippen LogP contribution in [0.2, 0.25) is 5.15 Å². The molecule has 0 saturated carbocycles. The third-order valence-corrected chi connectivity index (χ3v) is 2.06. The van der Waals surface area contributed by atoms with Crippen molar-refractivity contribution in [2.24, 2.45) is 0 Å². The Morgan fingerprint density at radius 2 is 2.42 bits per heavy atom. The van der Waals surface area contributed by atoms with E-state index in [1.165, 1.54) is 0 Å². The number of hydrogen-bond donors (Lipinski definition) is 1. The van der Waals surface area contributed by atoms with E-state index in [0.717, 1.165) is 11.1 Å². The Labute approximate surface area is 82.9 Å². The first-order valence-corrected chi connectivity index (χ1v) is 4.65. The average Bonchev–Trinajstić information content (AvgIpc) is 2.04. The lowest BCUT2D eigenvalue weighted by molar-refractivity contribution is 1.27. The van der Waals surface area contributed by atoms with Crippen molar-refractivity contribution in [3.63, 3.8) is 0 Å². The van der Waals surface area contributed by atoms with E-state index >= 15 is 0 Å². The predicted molar refractivity (Wildman–Crippen MR) is 56.9 cm³/mol. The fraction of sp³-hybridized carbons (Fsp3) is 0.222. The van der Waals surface area contributed by atoms with E-state index in [0.29, 0.717) is 10.9 Å². The average molecular weight is 200 g/mol. The van der Waals surface area contributed by atoms with Crippen LogP contribution in [0.1, 0.15) is 11.1 Å². The molecule has 1 aromatic rings. The summed E-state index contributed by atoms with van der Waals surface area (Å²) in [7, 11) is 0. The molecule has 12 heavy (non-hydrogen) atoms. The molecule has 1 nitrogen and oxygen atoms in total. The molecule has 1 aromatic heterocycles. The van der Waals surface area contributed by atoms with Crippen molar-refractivity contribution in [1.29, 1.82) is 0 Å². The van der Waals surface area contributed by atoms with Crippen LogP contribution in [0.25, 0.3) is 6.08 Å². The van der Waals surface area contributed by atoms with Gasteiger partial charge in [0, 0.05) is 17.5 Å². The third-order valence-electron chi connectivity index (χ3n) is 1.55. The first-order chi connectivity index (χ1) is 5.75. The highest BCUT2D eigenvalue weighted by atomic mass is 35.5. The molecular weight excluding hydrogens is 190 g/mol. The second-order valence-electron chi connectivity index (χ2n) is 2.42. The van der Waals surface area contributed by atoms with Crippen molar-refractivity contribution in [1.82, 2.24) is 4.98 Å². The standard InChI is InChI=1S/C9H10ClNS/c1-7-4-5-11-9(10)8(7)3-2-6-12/h2-5,12H,6H2,1H3. The lowest BCUT2D eigenvalue weighted by Gasteiger charge is -2.00. The van der Waals surface area contributed by atoms with E-state index in [9.17, 15) is 0 Å². The van der Waals surface area contributed by atoms with Gasteiger partial charge < -0.3 is 0 Å². The number of aromatic nitrogens is 1. The monoisotopic (exact) mass is 199 g/mol. The Morgan fingerprint density at radius 3 is 3.00 bits per heavy atom. The minimum Gasteiger partial charge on any atom is -0.244 e. The van der Waals surface area contributed by atoms with Crippen LogP contribution in [-0.2, 0) is 0 Å². The summed E-state index contributed by atoms with van der Waals surface area (Å²) >= 11 is 9.95. The first kappa shape index (κ1) is 9.62. The molecule has 0 aromatic carbocycles. The van der Waals surface area contributed by atoms with Gasteiger partial charge in [0.05, 0.1) is 0 Å². The minimum absolute atomic E-state index is 0.549. The van der Waals surface area contributed by atoms with Crippen LogP contribution in [0.5, 0.6) is 0 Å². The van der Waals surface area contributed by atoms with Crippen molar-refractivity contribution in [2.45, 2.75) is 6.92 Å². The molecule has 0 aliphatic heterocycles. The molecule has 0 fully saturated rings. The molecule has 1 heterocycles. The fourth-order valence-electron chi connectivity index (χ4n) is 0.907. The van der Waals surface area contributed by atoms with Crippen LogP contribution in [0, 0.1) is 6.92 Å². The van der Waals surface area contributed by atoms with Gasteiger partial charge in [0.25, 0.3) is 0 Å². The normalized spacial score (nSPS) is 10.9. The van der Waals surface area contributed by atoms with Crippen molar-refractivity contribution < 1.29 is 0 Å². The highest BCUT2D eigenvalue weighted by Gasteiger charge is 1.99. The number of aryl methyl sites for hydroxylation is 1. The van der Waals surface area contributed by atoms with Crippen molar-refractivity contribution in [2.75, 3.05) is 5.75 Å². The van der Waals surface area contributed by atoms with Gasteiger partial charge in [-0.25, -0.2) is 4.98 Å². The summed E-state index contributed by atoms with van der Waals surface area (Å²) in [6.45, 7) is 2.01. The largest absolute Gasteiger partial charge is 0.244 e. The van der Waals surface area contributed by atoms with Crippen LogP contribution < -0.4 is 0 Å². The van der Waals surface area contributed by atoms with Gasteiger partial charge in [-0.2, -0.15) is 12.6 Å². The second-order valence-corrected chi connectivity index (χ2v) is 3.14. The summed E-state index contributed by atoms with van der Waals surface area (Å²) in [6, 6.07) is 1.93. The van der Waals surface area contributed by atoms with E-state index in [4.69, 9.17) is 11.6 Å². The number of pyridine rings is 1. The molecular formula is C9H10ClNS. The zero-order chi connectivity index (χ0) is 8.97. The maximum Gasteiger partial charge on any atom is 0.136 e. The summed E-state index contributed by atoms with van der Waals surface area (Å²) in [6.07, 6.45) is 5.59. The lowest BCUT2D eigenvalue weighted by atomic mass is 10.1. The van der Waals surface area contributed by atoms with E-state index < -0.39 is 0 Å². The minimum atomic E-state index is 0.549. The van der Waals surface area contributed by atoms with Gasteiger partial charge in [-0.3, -0.25) is 0 Å².